The quantitative estimate of drug-likeness (QED) is 0.260. The molecule has 2 aromatic heterocycles. The van der Waals surface area contributed by atoms with Gasteiger partial charge in [0.15, 0.2) is 0 Å². The molecular formula is C29H34N6O4S. The fourth-order valence-corrected chi connectivity index (χ4v) is 6.70. The van der Waals surface area contributed by atoms with Gasteiger partial charge in [-0.25, -0.2) is 17.9 Å². The average Bonchev–Trinajstić information content (AvgIpc) is 3.39. The van der Waals surface area contributed by atoms with E-state index in [0.29, 0.717) is 29.6 Å². The largest absolute Gasteiger partial charge is 0.491 e. The maximum absolute atomic E-state index is 13.0. The molecule has 0 amide bonds. The highest BCUT2D eigenvalue weighted by Crippen LogP contribution is 2.27. The minimum atomic E-state index is -3.60. The van der Waals surface area contributed by atoms with Gasteiger partial charge in [-0.15, -0.1) is 0 Å². The number of aromatic nitrogens is 3. The molecule has 0 unspecified atom stereocenters. The van der Waals surface area contributed by atoms with Gasteiger partial charge in [0.25, 0.3) is 0 Å². The van der Waals surface area contributed by atoms with Crippen LogP contribution >= 0.6 is 0 Å². The maximum atomic E-state index is 13.0. The molecule has 2 aliphatic rings. The van der Waals surface area contributed by atoms with E-state index in [1.54, 1.807) is 30.5 Å². The maximum Gasteiger partial charge on any atom is 0.354 e. The lowest BCUT2D eigenvalue weighted by molar-refractivity contribution is 0.215. The Bertz CT molecular complexity index is 1640. The van der Waals surface area contributed by atoms with E-state index in [1.165, 1.54) is 4.57 Å². The van der Waals surface area contributed by atoms with E-state index in [-0.39, 0.29) is 10.9 Å². The molecule has 0 radical (unpaired) electrons. The van der Waals surface area contributed by atoms with E-state index < -0.39 is 15.7 Å². The zero-order valence-electron chi connectivity index (χ0n) is 22.2. The molecule has 0 bridgehead atoms. The Hall–Kier alpha value is -3.51. The number of sulfonamides is 1. The van der Waals surface area contributed by atoms with E-state index >= 15 is 0 Å². The molecule has 6 rings (SSSR count). The molecule has 0 aliphatic carbocycles. The molecule has 4 aromatic rings. The number of ether oxygens (including phenoxy) is 1. The first-order valence-electron chi connectivity index (χ1n) is 13.9. The zero-order chi connectivity index (χ0) is 27.5. The van der Waals surface area contributed by atoms with Crippen molar-refractivity contribution in [2.24, 2.45) is 5.92 Å². The Labute approximate surface area is 233 Å². The van der Waals surface area contributed by atoms with Gasteiger partial charge >= 0.3 is 5.69 Å². The van der Waals surface area contributed by atoms with Gasteiger partial charge in [0, 0.05) is 23.3 Å². The van der Waals surface area contributed by atoms with Gasteiger partial charge in [-0.3, -0.25) is 4.57 Å². The van der Waals surface area contributed by atoms with Crippen LogP contribution in [0.25, 0.3) is 28.0 Å². The number of aromatic amines is 1. The standard InChI is InChI=1S/C29H34N6O4S/c36-29-33-28-22(18-35(29)26-3-1-2-4-27(26)39-19-20-9-13-30-14-10-20)17-25(32-28)21-5-7-24(8-6-21)40(37,38)34-23-11-15-31-16-12-23/h1-8,17-18,20,23,30-31,34H,9-16,19H2,(H,32,33,36). The van der Waals surface area contributed by atoms with Crippen LogP contribution in [0.2, 0.25) is 0 Å². The van der Waals surface area contributed by atoms with Crippen molar-refractivity contribution in [1.29, 1.82) is 0 Å². The van der Waals surface area contributed by atoms with E-state index in [2.05, 4.69) is 25.3 Å². The molecule has 4 N–H and O–H groups in total. The van der Waals surface area contributed by atoms with Crippen molar-refractivity contribution in [3.05, 3.63) is 71.3 Å². The highest BCUT2D eigenvalue weighted by Gasteiger charge is 2.22. The third-order valence-corrected chi connectivity index (χ3v) is 9.24. The van der Waals surface area contributed by atoms with E-state index in [0.717, 1.165) is 68.5 Å². The third-order valence-electron chi connectivity index (χ3n) is 7.70. The Morgan fingerprint density at radius 1 is 0.950 bits per heavy atom. The molecule has 0 atom stereocenters. The Morgan fingerprint density at radius 2 is 1.65 bits per heavy atom. The lowest BCUT2D eigenvalue weighted by atomic mass is 9.99. The molecule has 0 saturated carbocycles. The van der Waals surface area contributed by atoms with Crippen molar-refractivity contribution in [3.63, 3.8) is 0 Å². The minimum absolute atomic E-state index is 0.0567. The molecule has 10 nitrogen and oxygen atoms in total. The summed E-state index contributed by atoms with van der Waals surface area (Å²) in [7, 11) is -3.60. The Balaban J connectivity index is 1.23. The van der Waals surface area contributed by atoms with Gasteiger partial charge in [0.2, 0.25) is 10.0 Å². The highest BCUT2D eigenvalue weighted by molar-refractivity contribution is 7.89. The predicted molar refractivity (Wildman–Crippen MR) is 154 cm³/mol. The predicted octanol–water partition coefficient (Wildman–Crippen LogP) is 2.79. The summed E-state index contributed by atoms with van der Waals surface area (Å²) in [6.07, 6.45) is 5.46. The summed E-state index contributed by atoms with van der Waals surface area (Å²) in [6, 6.07) is 16.1. The number of fused-ring (bicyclic) bond motifs is 1. The van der Waals surface area contributed by atoms with Crippen molar-refractivity contribution in [1.82, 2.24) is 29.9 Å². The summed E-state index contributed by atoms with van der Waals surface area (Å²) < 4.78 is 36.2. The zero-order valence-corrected chi connectivity index (χ0v) is 23.0. The monoisotopic (exact) mass is 562 g/mol. The van der Waals surface area contributed by atoms with Crippen LogP contribution in [0.15, 0.2) is 70.5 Å². The Kier molecular flexibility index (Phi) is 7.70. The first-order valence-corrected chi connectivity index (χ1v) is 15.3. The van der Waals surface area contributed by atoms with Gasteiger partial charge in [-0.05, 0) is 93.7 Å². The number of rotatable bonds is 8. The second-order valence-corrected chi connectivity index (χ2v) is 12.2. The van der Waals surface area contributed by atoms with Crippen LogP contribution in [-0.4, -0.2) is 61.8 Å². The smallest absolute Gasteiger partial charge is 0.354 e. The van der Waals surface area contributed by atoms with Crippen LogP contribution < -0.4 is 25.8 Å². The summed E-state index contributed by atoms with van der Waals surface area (Å²) in [5.74, 6) is 1.13. The number of piperidine rings is 2. The summed E-state index contributed by atoms with van der Waals surface area (Å²) >= 11 is 0. The first kappa shape index (κ1) is 26.7. The fraction of sp³-hybridized carbons (Fsp3) is 0.379. The number of para-hydroxylation sites is 2. The summed E-state index contributed by atoms with van der Waals surface area (Å²) in [5, 5.41) is 7.37. The number of nitrogens with one attached hydrogen (secondary N) is 4. The van der Waals surface area contributed by atoms with Crippen LogP contribution in [-0.2, 0) is 10.0 Å². The van der Waals surface area contributed by atoms with Gasteiger partial charge in [-0.2, -0.15) is 4.98 Å². The molecule has 40 heavy (non-hydrogen) atoms. The third kappa shape index (κ3) is 5.83. The summed E-state index contributed by atoms with van der Waals surface area (Å²) in [6.45, 7) is 4.22. The first-order chi connectivity index (χ1) is 19.5. The number of benzene rings is 2. The van der Waals surface area contributed by atoms with Crippen LogP contribution in [0.5, 0.6) is 5.75 Å². The van der Waals surface area contributed by atoms with Crippen molar-refractivity contribution < 1.29 is 13.2 Å². The molecule has 2 saturated heterocycles. The van der Waals surface area contributed by atoms with E-state index in [9.17, 15) is 13.2 Å². The highest BCUT2D eigenvalue weighted by atomic mass is 32.2. The van der Waals surface area contributed by atoms with Gasteiger partial charge in [0.1, 0.15) is 11.4 Å². The van der Waals surface area contributed by atoms with Crippen LogP contribution in [0.4, 0.5) is 0 Å². The molecule has 11 heteroatoms. The number of nitrogens with zero attached hydrogens (tertiary/aromatic N) is 2. The van der Waals surface area contributed by atoms with Gasteiger partial charge in [-0.1, -0.05) is 24.3 Å². The summed E-state index contributed by atoms with van der Waals surface area (Å²) in [5.41, 5.74) is 2.24. The van der Waals surface area contributed by atoms with Crippen molar-refractivity contribution in [2.75, 3.05) is 32.8 Å². The normalized spacial score (nSPS) is 17.3. The minimum Gasteiger partial charge on any atom is -0.491 e. The summed E-state index contributed by atoms with van der Waals surface area (Å²) in [4.78, 5) is 20.8. The van der Waals surface area contributed by atoms with E-state index in [1.807, 2.05) is 30.3 Å². The van der Waals surface area contributed by atoms with Gasteiger partial charge < -0.3 is 20.4 Å². The molecular weight excluding hydrogens is 528 g/mol. The van der Waals surface area contributed by atoms with Crippen molar-refractivity contribution >= 4 is 21.1 Å². The second-order valence-electron chi connectivity index (χ2n) is 10.5. The molecule has 2 fully saturated rings. The molecule has 2 aromatic carbocycles. The van der Waals surface area contributed by atoms with Crippen LogP contribution in [0.1, 0.15) is 25.7 Å². The SMILES string of the molecule is O=c1nc2[nH]c(-c3ccc(S(=O)(=O)NC4CCNCC4)cc3)cc2cn1-c1ccccc1OCC1CCNCC1. The van der Waals surface area contributed by atoms with Crippen molar-refractivity contribution in [2.45, 2.75) is 36.6 Å². The van der Waals surface area contributed by atoms with E-state index in [4.69, 9.17) is 4.74 Å². The fourth-order valence-electron chi connectivity index (χ4n) is 5.40. The molecule has 2 aliphatic heterocycles. The van der Waals surface area contributed by atoms with Crippen LogP contribution in [0.3, 0.4) is 0 Å². The lowest BCUT2D eigenvalue weighted by Crippen LogP contribution is -2.42. The molecule has 210 valence electrons. The molecule has 0 spiro atoms. The van der Waals surface area contributed by atoms with Crippen LogP contribution in [0, 0.1) is 5.92 Å². The topological polar surface area (TPSA) is 130 Å². The van der Waals surface area contributed by atoms with Gasteiger partial charge in [0.05, 0.1) is 17.2 Å². The lowest BCUT2D eigenvalue weighted by Gasteiger charge is -2.23. The number of hydrogen-bond acceptors (Lipinski definition) is 7. The number of H-pyrrole nitrogens is 1. The Morgan fingerprint density at radius 3 is 2.40 bits per heavy atom. The average molecular weight is 563 g/mol. The second kappa shape index (κ2) is 11.5. The molecule has 4 heterocycles. The number of hydrogen-bond donors (Lipinski definition) is 4. The van der Waals surface area contributed by atoms with Crippen molar-refractivity contribution in [3.8, 4) is 22.7 Å².